The predicted octanol–water partition coefficient (Wildman–Crippen LogP) is 4.40. The maximum Gasteiger partial charge on any atom is 0.319 e. The number of urea groups is 1. The van der Waals surface area contributed by atoms with Crippen LogP contribution in [0.4, 0.5) is 10.5 Å². The normalized spacial score (nSPS) is 12.0. The Morgan fingerprint density at radius 3 is 2.35 bits per heavy atom. The third-order valence-corrected chi connectivity index (χ3v) is 6.94. The van der Waals surface area contributed by atoms with E-state index in [0.29, 0.717) is 37.4 Å². The molecule has 0 spiro atoms. The molecule has 10 heteroatoms. The summed E-state index contributed by atoms with van der Waals surface area (Å²) in [5.41, 5.74) is 2.70. The number of nitrogens with one attached hydrogen (secondary N) is 3. The van der Waals surface area contributed by atoms with Crippen LogP contribution in [0.25, 0.3) is 11.1 Å². The van der Waals surface area contributed by atoms with E-state index in [4.69, 9.17) is 4.74 Å². The number of carbonyl (C=O) groups excluding carboxylic acids is 1. The zero-order valence-corrected chi connectivity index (χ0v) is 21.3. The Labute approximate surface area is 216 Å². The highest BCUT2D eigenvalue weighted by Crippen LogP contribution is 2.25. The summed E-state index contributed by atoms with van der Waals surface area (Å²) in [6, 6.07) is 20.8. The first kappa shape index (κ1) is 27.9. The van der Waals surface area contributed by atoms with Gasteiger partial charge in [-0.1, -0.05) is 54.6 Å². The van der Waals surface area contributed by atoms with Crippen molar-refractivity contribution in [1.82, 2.24) is 10.0 Å². The lowest BCUT2D eigenvalue weighted by atomic mass is 10.1. The number of carboxylic acids is 1. The number of amides is 2. The third kappa shape index (κ3) is 8.71. The number of hydrogen-bond acceptors (Lipinski definition) is 5. The minimum absolute atomic E-state index is 0.0169. The smallest absolute Gasteiger partial charge is 0.319 e. The summed E-state index contributed by atoms with van der Waals surface area (Å²) in [5.74, 6) is -1.11. The summed E-state index contributed by atoms with van der Waals surface area (Å²) in [7, 11) is -3.98. The molecular weight excluding hydrogens is 494 g/mol. The molecule has 0 fully saturated rings. The van der Waals surface area contributed by atoms with Crippen LogP contribution >= 0.6 is 0 Å². The molecule has 1 unspecified atom stereocenters. The van der Waals surface area contributed by atoms with Gasteiger partial charge in [-0.15, -0.1) is 0 Å². The summed E-state index contributed by atoms with van der Waals surface area (Å²) in [5, 5.41) is 14.8. The Bertz CT molecular complexity index is 1280. The number of benzene rings is 3. The van der Waals surface area contributed by atoms with Gasteiger partial charge in [-0.2, -0.15) is 0 Å². The second kappa shape index (κ2) is 13.5. The molecule has 2 amide bonds. The van der Waals surface area contributed by atoms with E-state index in [1.54, 1.807) is 60.7 Å². The first-order valence-corrected chi connectivity index (χ1v) is 13.4. The van der Waals surface area contributed by atoms with Crippen molar-refractivity contribution in [2.75, 3.05) is 25.1 Å². The highest BCUT2D eigenvalue weighted by Gasteiger charge is 2.23. The summed E-state index contributed by atoms with van der Waals surface area (Å²) < 4.78 is 33.7. The maximum absolute atomic E-state index is 13.0. The van der Waals surface area contributed by atoms with E-state index in [2.05, 4.69) is 15.4 Å². The van der Waals surface area contributed by atoms with Gasteiger partial charge in [-0.3, -0.25) is 4.79 Å². The van der Waals surface area contributed by atoms with Gasteiger partial charge in [0.2, 0.25) is 10.0 Å². The molecule has 3 rings (SSSR count). The van der Waals surface area contributed by atoms with Gasteiger partial charge >= 0.3 is 12.0 Å². The first-order chi connectivity index (χ1) is 17.8. The van der Waals surface area contributed by atoms with Gasteiger partial charge in [0.05, 0.1) is 17.4 Å². The monoisotopic (exact) mass is 525 g/mol. The molecule has 3 aromatic rings. The Hall–Kier alpha value is -3.73. The van der Waals surface area contributed by atoms with Crippen molar-refractivity contribution < 1.29 is 27.9 Å². The van der Waals surface area contributed by atoms with Crippen LogP contribution in [0.5, 0.6) is 0 Å². The fourth-order valence-corrected chi connectivity index (χ4v) is 4.87. The van der Waals surface area contributed by atoms with Crippen LogP contribution in [0.15, 0.2) is 83.8 Å². The van der Waals surface area contributed by atoms with Crippen molar-refractivity contribution in [2.24, 2.45) is 0 Å². The molecule has 196 valence electrons. The molecule has 3 aromatic carbocycles. The quantitative estimate of drug-likeness (QED) is 0.245. The van der Waals surface area contributed by atoms with E-state index in [0.717, 1.165) is 11.1 Å². The molecule has 4 N–H and O–H groups in total. The second-order valence-corrected chi connectivity index (χ2v) is 9.93. The van der Waals surface area contributed by atoms with Crippen LogP contribution in [0.3, 0.4) is 0 Å². The molecule has 0 aliphatic rings. The molecule has 1 atom stereocenters. The average Bonchev–Trinajstić information content (AvgIpc) is 2.88. The summed E-state index contributed by atoms with van der Waals surface area (Å²) >= 11 is 0. The van der Waals surface area contributed by atoms with E-state index < -0.39 is 22.0 Å². The van der Waals surface area contributed by atoms with E-state index in [-0.39, 0.29) is 17.3 Å². The average molecular weight is 526 g/mol. The van der Waals surface area contributed by atoms with Gasteiger partial charge in [0.25, 0.3) is 0 Å². The van der Waals surface area contributed by atoms with Crippen molar-refractivity contribution in [3.05, 3.63) is 84.4 Å². The van der Waals surface area contributed by atoms with Crippen LogP contribution in [-0.4, -0.2) is 45.3 Å². The van der Waals surface area contributed by atoms with E-state index >= 15 is 0 Å². The zero-order chi connectivity index (χ0) is 26.7. The van der Waals surface area contributed by atoms with Gasteiger partial charge in [0.15, 0.2) is 0 Å². The highest BCUT2D eigenvalue weighted by atomic mass is 32.2. The van der Waals surface area contributed by atoms with Gasteiger partial charge < -0.3 is 20.5 Å². The lowest BCUT2D eigenvalue weighted by Gasteiger charge is -2.18. The second-order valence-electron chi connectivity index (χ2n) is 8.22. The molecule has 0 aliphatic heterocycles. The number of anilines is 1. The van der Waals surface area contributed by atoms with Crippen molar-refractivity contribution in [3.63, 3.8) is 0 Å². The van der Waals surface area contributed by atoms with Gasteiger partial charge in [-0.25, -0.2) is 17.9 Å². The minimum atomic E-state index is -3.98. The van der Waals surface area contributed by atoms with E-state index in [1.807, 2.05) is 13.0 Å². The van der Waals surface area contributed by atoms with E-state index in [1.165, 1.54) is 12.1 Å². The van der Waals surface area contributed by atoms with Crippen LogP contribution < -0.4 is 15.4 Å². The highest BCUT2D eigenvalue weighted by molar-refractivity contribution is 7.89. The van der Waals surface area contributed by atoms with Crippen molar-refractivity contribution in [3.8, 4) is 11.1 Å². The molecule has 9 nitrogen and oxygen atoms in total. The standard InChI is InChI=1S/C27H31N3O6S/c1-2-36-17-7-16-28-27(33)29-23-11-6-10-22(18-23)20-12-14-24(15-13-20)37(34,35)30-25(19-26(31)32)21-8-4-3-5-9-21/h3-6,8-15,18,25,30H,2,7,16-17,19H2,1H3,(H,31,32)(H2,28,29,33). The molecule has 0 bridgehead atoms. The lowest BCUT2D eigenvalue weighted by molar-refractivity contribution is -0.137. The van der Waals surface area contributed by atoms with Gasteiger partial charge in [0.1, 0.15) is 0 Å². The fourth-order valence-electron chi connectivity index (χ4n) is 3.64. The molecular formula is C27H31N3O6S. The lowest BCUT2D eigenvalue weighted by Crippen LogP contribution is -2.30. The number of aliphatic carboxylic acids is 1. The molecule has 0 radical (unpaired) electrons. The first-order valence-electron chi connectivity index (χ1n) is 11.9. The fraction of sp³-hybridized carbons (Fsp3) is 0.259. The van der Waals surface area contributed by atoms with E-state index in [9.17, 15) is 23.1 Å². The van der Waals surface area contributed by atoms with Crippen LogP contribution in [-0.2, 0) is 19.6 Å². The topological polar surface area (TPSA) is 134 Å². The number of ether oxygens (including phenoxy) is 1. The molecule has 0 heterocycles. The molecule has 0 saturated carbocycles. The van der Waals surface area contributed by atoms with Crippen LogP contribution in [0.2, 0.25) is 0 Å². The summed E-state index contributed by atoms with van der Waals surface area (Å²) in [6.45, 7) is 3.63. The predicted molar refractivity (Wildman–Crippen MR) is 142 cm³/mol. The minimum Gasteiger partial charge on any atom is -0.481 e. The van der Waals surface area contributed by atoms with Crippen molar-refractivity contribution in [2.45, 2.75) is 30.7 Å². The molecule has 0 aliphatic carbocycles. The number of hydrogen-bond donors (Lipinski definition) is 4. The number of carbonyl (C=O) groups is 2. The number of sulfonamides is 1. The molecule has 0 saturated heterocycles. The summed E-state index contributed by atoms with van der Waals surface area (Å²) in [4.78, 5) is 23.5. The summed E-state index contributed by atoms with van der Waals surface area (Å²) in [6.07, 6.45) is 0.328. The molecule has 0 aromatic heterocycles. The number of carboxylic acid groups (broad SMARTS) is 1. The third-order valence-electron chi connectivity index (χ3n) is 5.45. The van der Waals surface area contributed by atoms with Gasteiger partial charge in [0, 0.05) is 25.4 Å². The SMILES string of the molecule is CCOCCCNC(=O)Nc1cccc(-c2ccc(S(=O)(=O)NC(CC(=O)O)c3ccccc3)cc2)c1. The Kier molecular flexibility index (Phi) is 10.2. The Morgan fingerprint density at radius 2 is 1.68 bits per heavy atom. The van der Waals surface area contributed by atoms with Crippen molar-refractivity contribution >= 4 is 27.7 Å². The van der Waals surface area contributed by atoms with Crippen molar-refractivity contribution in [1.29, 1.82) is 0 Å². The van der Waals surface area contributed by atoms with Crippen LogP contribution in [0.1, 0.15) is 31.4 Å². The molecule has 37 heavy (non-hydrogen) atoms. The Balaban J connectivity index is 1.68. The van der Waals surface area contributed by atoms with Gasteiger partial charge in [-0.05, 0) is 54.3 Å². The largest absolute Gasteiger partial charge is 0.481 e. The van der Waals surface area contributed by atoms with Crippen LogP contribution in [0, 0.1) is 0 Å². The maximum atomic E-state index is 13.0. The Morgan fingerprint density at radius 1 is 0.946 bits per heavy atom. The number of rotatable bonds is 13. The zero-order valence-electron chi connectivity index (χ0n) is 20.5.